The van der Waals surface area contributed by atoms with Crippen LogP contribution in [-0.4, -0.2) is 36.3 Å². The van der Waals surface area contributed by atoms with Crippen LogP contribution in [0.5, 0.6) is 5.75 Å². The molecule has 6 heteroatoms. The van der Waals surface area contributed by atoms with Gasteiger partial charge in [0.1, 0.15) is 24.5 Å². The lowest BCUT2D eigenvalue weighted by Gasteiger charge is -2.16. The number of nitriles is 1. The van der Waals surface area contributed by atoms with E-state index < -0.39 is 6.10 Å². The van der Waals surface area contributed by atoms with Crippen molar-refractivity contribution in [1.29, 1.82) is 5.26 Å². The van der Waals surface area contributed by atoms with Crippen LogP contribution in [0.3, 0.4) is 0 Å². The number of hydrogen-bond acceptors (Lipinski definition) is 5. The standard InChI is InChI=1S/C19H29N3O3/c1-5-14(6-2)19(24)22-16-7-8-18(15(9-16)10-20)25-12-17(23)11-21-13(3)4/h7-9,13-14,17,21,23H,5-6,11-12H2,1-4H3,(H,22,24). The third-order valence-electron chi connectivity index (χ3n) is 3.92. The Bertz CT molecular complexity index is 592. The molecule has 0 heterocycles. The summed E-state index contributed by atoms with van der Waals surface area (Å²) in [5.74, 6) is 0.314. The van der Waals surface area contributed by atoms with Crippen molar-refractivity contribution < 1.29 is 14.6 Å². The molecule has 1 amide bonds. The largest absolute Gasteiger partial charge is 0.489 e. The number of aliphatic hydroxyl groups is 1. The zero-order chi connectivity index (χ0) is 18.8. The number of ether oxygens (including phenoxy) is 1. The van der Waals surface area contributed by atoms with Gasteiger partial charge in [0.15, 0.2) is 0 Å². The molecule has 0 fully saturated rings. The summed E-state index contributed by atoms with van der Waals surface area (Å²) in [5.41, 5.74) is 0.897. The van der Waals surface area contributed by atoms with Crippen molar-refractivity contribution in [2.45, 2.75) is 52.7 Å². The Kier molecular flexibility index (Phi) is 8.96. The number of carbonyl (C=O) groups excluding carboxylic acids is 1. The van der Waals surface area contributed by atoms with Gasteiger partial charge < -0.3 is 20.5 Å². The summed E-state index contributed by atoms with van der Waals surface area (Å²) in [6, 6.07) is 7.28. The van der Waals surface area contributed by atoms with Gasteiger partial charge in [0.25, 0.3) is 0 Å². The first-order chi connectivity index (χ1) is 11.9. The van der Waals surface area contributed by atoms with Crippen molar-refractivity contribution in [3.8, 4) is 11.8 Å². The first-order valence-electron chi connectivity index (χ1n) is 8.80. The molecule has 0 saturated heterocycles. The van der Waals surface area contributed by atoms with Gasteiger partial charge in [-0.05, 0) is 31.0 Å². The molecule has 0 aliphatic rings. The highest BCUT2D eigenvalue weighted by Gasteiger charge is 2.15. The Balaban J connectivity index is 2.69. The van der Waals surface area contributed by atoms with Crippen LogP contribution in [0.25, 0.3) is 0 Å². The fourth-order valence-electron chi connectivity index (χ4n) is 2.34. The second-order valence-corrected chi connectivity index (χ2v) is 6.35. The Morgan fingerprint density at radius 1 is 1.32 bits per heavy atom. The second-order valence-electron chi connectivity index (χ2n) is 6.35. The van der Waals surface area contributed by atoms with Crippen LogP contribution in [0.15, 0.2) is 18.2 Å². The van der Waals surface area contributed by atoms with Gasteiger partial charge in [0.2, 0.25) is 5.91 Å². The molecule has 0 bridgehead atoms. The van der Waals surface area contributed by atoms with E-state index in [1.165, 1.54) is 0 Å². The summed E-state index contributed by atoms with van der Waals surface area (Å²) < 4.78 is 5.55. The van der Waals surface area contributed by atoms with Crippen LogP contribution in [0, 0.1) is 17.2 Å². The summed E-state index contributed by atoms with van der Waals surface area (Å²) in [5, 5.41) is 25.1. The normalized spacial score (nSPS) is 12.1. The van der Waals surface area contributed by atoms with E-state index in [9.17, 15) is 15.2 Å². The number of nitrogens with zero attached hydrogens (tertiary/aromatic N) is 1. The van der Waals surface area contributed by atoms with Gasteiger partial charge in [0.05, 0.1) is 5.56 Å². The number of carbonyl (C=O) groups is 1. The Morgan fingerprint density at radius 2 is 2.00 bits per heavy atom. The van der Waals surface area contributed by atoms with Crippen LogP contribution in [0.2, 0.25) is 0 Å². The van der Waals surface area contributed by atoms with Crippen LogP contribution < -0.4 is 15.4 Å². The molecule has 1 atom stereocenters. The van der Waals surface area contributed by atoms with Crippen molar-refractivity contribution in [2.24, 2.45) is 5.92 Å². The zero-order valence-corrected chi connectivity index (χ0v) is 15.5. The van der Waals surface area contributed by atoms with Crippen LogP contribution in [0.1, 0.15) is 46.1 Å². The van der Waals surface area contributed by atoms with E-state index in [1.807, 2.05) is 27.7 Å². The van der Waals surface area contributed by atoms with Crippen molar-refractivity contribution in [1.82, 2.24) is 5.32 Å². The molecule has 0 aliphatic heterocycles. The number of anilines is 1. The minimum Gasteiger partial charge on any atom is -0.489 e. The quantitative estimate of drug-likeness (QED) is 0.605. The number of hydrogen-bond donors (Lipinski definition) is 3. The van der Waals surface area contributed by atoms with Crippen molar-refractivity contribution in [2.75, 3.05) is 18.5 Å². The van der Waals surface area contributed by atoms with E-state index in [4.69, 9.17) is 4.74 Å². The van der Waals surface area contributed by atoms with Crippen LogP contribution in [-0.2, 0) is 4.79 Å². The highest BCUT2D eigenvalue weighted by Crippen LogP contribution is 2.23. The third-order valence-corrected chi connectivity index (χ3v) is 3.92. The number of rotatable bonds is 10. The topological polar surface area (TPSA) is 94.4 Å². The zero-order valence-electron chi connectivity index (χ0n) is 15.5. The molecule has 138 valence electrons. The van der Waals surface area contributed by atoms with Crippen molar-refractivity contribution in [3.05, 3.63) is 23.8 Å². The number of amides is 1. The van der Waals surface area contributed by atoms with E-state index >= 15 is 0 Å². The van der Waals surface area contributed by atoms with Gasteiger partial charge in [-0.1, -0.05) is 27.7 Å². The predicted molar refractivity (Wildman–Crippen MR) is 98.5 cm³/mol. The molecule has 0 aromatic heterocycles. The maximum absolute atomic E-state index is 12.1. The summed E-state index contributed by atoms with van der Waals surface area (Å²) in [4.78, 5) is 12.1. The lowest BCUT2D eigenvalue weighted by molar-refractivity contribution is -0.120. The maximum Gasteiger partial charge on any atom is 0.227 e. The lowest BCUT2D eigenvalue weighted by atomic mass is 10.0. The number of nitrogens with one attached hydrogen (secondary N) is 2. The summed E-state index contributed by atoms with van der Waals surface area (Å²) >= 11 is 0. The molecule has 1 rings (SSSR count). The molecule has 0 radical (unpaired) electrons. The SMILES string of the molecule is CCC(CC)C(=O)Nc1ccc(OCC(O)CNC(C)C)c(C#N)c1. The molecule has 1 aromatic rings. The minimum absolute atomic E-state index is 0.0370. The van der Waals surface area contributed by atoms with Crippen molar-refractivity contribution in [3.63, 3.8) is 0 Å². The second kappa shape index (κ2) is 10.7. The molecule has 0 spiro atoms. The molecule has 1 aromatic carbocycles. The molecule has 0 saturated carbocycles. The van der Waals surface area contributed by atoms with Crippen LogP contribution in [0.4, 0.5) is 5.69 Å². The fourth-order valence-corrected chi connectivity index (χ4v) is 2.34. The summed E-state index contributed by atoms with van der Waals surface area (Å²) in [6.07, 6.45) is 0.886. The van der Waals surface area contributed by atoms with E-state index in [1.54, 1.807) is 18.2 Å². The number of aliphatic hydroxyl groups excluding tert-OH is 1. The molecular formula is C19H29N3O3. The monoisotopic (exact) mass is 347 g/mol. The predicted octanol–water partition coefficient (Wildman–Crippen LogP) is 2.67. The molecule has 0 aliphatic carbocycles. The van der Waals surface area contributed by atoms with E-state index in [2.05, 4.69) is 16.7 Å². The van der Waals surface area contributed by atoms with Gasteiger partial charge in [-0.2, -0.15) is 5.26 Å². The van der Waals surface area contributed by atoms with E-state index in [-0.39, 0.29) is 24.5 Å². The summed E-state index contributed by atoms with van der Waals surface area (Å²) in [7, 11) is 0. The van der Waals surface area contributed by atoms with E-state index in [0.717, 1.165) is 12.8 Å². The average molecular weight is 347 g/mol. The molecule has 3 N–H and O–H groups in total. The smallest absolute Gasteiger partial charge is 0.227 e. The molecule has 6 nitrogen and oxygen atoms in total. The van der Waals surface area contributed by atoms with Gasteiger partial charge in [-0.25, -0.2) is 0 Å². The third kappa shape index (κ3) is 7.12. The maximum atomic E-state index is 12.1. The van der Waals surface area contributed by atoms with Crippen molar-refractivity contribution >= 4 is 11.6 Å². The van der Waals surface area contributed by atoms with Gasteiger partial charge in [-0.15, -0.1) is 0 Å². The lowest BCUT2D eigenvalue weighted by Crippen LogP contribution is -2.35. The molecular weight excluding hydrogens is 318 g/mol. The van der Waals surface area contributed by atoms with Gasteiger partial charge >= 0.3 is 0 Å². The number of benzene rings is 1. The minimum atomic E-state index is -0.664. The highest BCUT2D eigenvalue weighted by molar-refractivity contribution is 5.92. The fraction of sp³-hybridized carbons (Fsp3) is 0.579. The van der Waals surface area contributed by atoms with Gasteiger partial charge in [0, 0.05) is 24.2 Å². The first kappa shape index (κ1) is 20.9. The van der Waals surface area contributed by atoms with Gasteiger partial charge in [-0.3, -0.25) is 4.79 Å². The Hall–Kier alpha value is -2.10. The van der Waals surface area contributed by atoms with E-state index in [0.29, 0.717) is 23.5 Å². The molecule has 25 heavy (non-hydrogen) atoms. The highest BCUT2D eigenvalue weighted by atomic mass is 16.5. The molecule has 1 unspecified atom stereocenters. The Morgan fingerprint density at radius 3 is 2.56 bits per heavy atom. The Labute approximate surface area is 150 Å². The average Bonchev–Trinajstić information content (AvgIpc) is 2.59. The summed E-state index contributed by atoms with van der Waals surface area (Å²) in [6.45, 7) is 8.46. The first-order valence-corrected chi connectivity index (χ1v) is 8.80. The van der Waals surface area contributed by atoms with Crippen LogP contribution >= 0.6 is 0 Å².